The van der Waals surface area contributed by atoms with Gasteiger partial charge in [-0.15, -0.1) is 0 Å². The Bertz CT molecular complexity index is 742. The van der Waals surface area contributed by atoms with Crippen LogP contribution >= 0.6 is 0 Å². The second-order valence-corrected chi connectivity index (χ2v) is 13.3. The first kappa shape index (κ1) is 24.3. The summed E-state index contributed by atoms with van der Waals surface area (Å²) in [7, 11) is 0. The Labute approximate surface area is 201 Å². The fourth-order valence-electron chi connectivity index (χ4n) is 9.47. The quantitative estimate of drug-likeness (QED) is 0.539. The first-order chi connectivity index (χ1) is 15.6. The maximum atomic E-state index is 11.6. The van der Waals surface area contributed by atoms with Gasteiger partial charge in [0.2, 0.25) is 0 Å². The minimum atomic E-state index is -0.360. The molecule has 4 saturated carbocycles. The average Bonchev–Trinajstić information content (AvgIpc) is 3.37. The first-order valence-corrected chi connectivity index (χ1v) is 13.9. The van der Waals surface area contributed by atoms with Crippen molar-refractivity contribution in [2.24, 2.45) is 52.3 Å². The van der Waals surface area contributed by atoms with Crippen LogP contribution in [0.5, 0.6) is 0 Å². The Hall–Kier alpha value is -0.420. The summed E-state index contributed by atoms with van der Waals surface area (Å²) in [6.07, 6.45) is 12.9. The maximum absolute atomic E-state index is 11.6. The smallest absolute Gasteiger partial charge is 0.168 e. The van der Waals surface area contributed by atoms with Gasteiger partial charge in [-0.1, -0.05) is 46.8 Å². The minimum absolute atomic E-state index is 0.193. The molecule has 5 aliphatic rings. The molecule has 1 heterocycles. The van der Waals surface area contributed by atoms with Crippen LogP contribution in [0.3, 0.4) is 0 Å². The van der Waals surface area contributed by atoms with Gasteiger partial charge in [0, 0.05) is 12.8 Å². The largest absolute Gasteiger partial charge is 0.393 e. The summed E-state index contributed by atoms with van der Waals surface area (Å²) in [6, 6.07) is 0. The minimum Gasteiger partial charge on any atom is -0.393 e. The van der Waals surface area contributed by atoms with E-state index in [2.05, 4.69) is 40.7 Å². The molecule has 4 aliphatic carbocycles. The van der Waals surface area contributed by atoms with E-state index in [-0.39, 0.29) is 23.9 Å². The standard InChI is InChI=1S/C29H48O4/c1-18(2)24(30)9-6-19(3)21-7-8-22-26-23(10-11-28(21,22)5)27(4)12-13-29(32-14-15-33-29)17-20(27)16-25(26)31/h6,9,18-26,30-31H,7-8,10-17H2,1-5H3/t19-,20+,21-,22?,23?,24-,25-,26?,27+,28-/m1/s1. The van der Waals surface area contributed by atoms with Crippen LogP contribution in [-0.2, 0) is 9.47 Å². The number of hydrogen-bond donors (Lipinski definition) is 2. The highest BCUT2D eigenvalue weighted by molar-refractivity contribution is 5.13. The van der Waals surface area contributed by atoms with Gasteiger partial charge in [0.05, 0.1) is 25.4 Å². The molecule has 0 radical (unpaired) electrons. The Morgan fingerprint density at radius 2 is 1.58 bits per heavy atom. The van der Waals surface area contributed by atoms with Gasteiger partial charge >= 0.3 is 0 Å². The molecule has 5 fully saturated rings. The Morgan fingerprint density at radius 3 is 2.27 bits per heavy atom. The number of aliphatic hydroxyl groups excluding tert-OH is 2. The molecule has 1 saturated heterocycles. The lowest BCUT2D eigenvalue weighted by molar-refractivity contribution is -0.242. The zero-order valence-corrected chi connectivity index (χ0v) is 21.6. The van der Waals surface area contributed by atoms with Crippen LogP contribution in [0.15, 0.2) is 12.2 Å². The van der Waals surface area contributed by atoms with Gasteiger partial charge in [-0.25, -0.2) is 0 Å². The van der Waals surface area contributed by atoms with Gasteiger partial charge in [-0.05, 0) is 90.8 Å². The maximum Gasteiger partial charge on any atom is 0.168 e. The lowest BCUT2D eigenvalue weighted by Gasteiger charge is -2.63. The van der Waals surface area contributed by atoms with Gasteiger partial charge < -0.3 is 19.7 Å². The second-order valence-electron chi connectivity index (χ2n) is 13.3. The van der Waals surface area contributed by atoms with Gasteiger partial charge in [-0.2, -0.15) is 0 Å². The lowest BCUT2D eigenvalue weighted by atomic mass is 9.43. The average molecular weight is 461 g/mol. The van der Waals surface area contributed by atoms with Gasteiger partial charge in [0.1, 0.15) is 0 Å². The van der Waals surface area contributed by atoms with E-state index in [1.54, 1.807) is 0 Å². The van der Waals surface area contributed by atoms with Crippen molar-refractivity contribution >= 4 is 0 Å². The molecule has 1 aliphatic heterocycles. The van der Waals surface area contributed by atoms with E-state index in [9.17, 15) is 10.2 Å². The molecule has 5 rings (SSSR count). The number of ether oxygens (including phenoxy) is 2. The number of allylic oxidation sites excluding steroid dienone is 1. The van der Waals surface area contributed by atoms with E-state index in [1.165, 1.54) is 32.1 Å². The molecule has 4 nitrogen and oxygen atoms in total. The van der Waals surface area contributed by atoms with E-state index in [0.29, 0.717) is 46.3 Å². The normalized spacial score (nSPS) is 48.6. The number of fused-ring (bicyclic) bond motifs is 5. The van der Waals surface area contributed by atoms with Crippen LogP contribution in [-0.4, -0.2) is 41.4 Å². The number of rotatable bonds is 4. The van der Waals surface area contributed by atoms with Crippen LogP contribution in [0.1, 0.15) is 86.0 Å². The number of aliphatic hydroxyl groups is 2. The van der Waals surface area contributed by atoms with Crippen molar-refractivity contribution in [1.29, 1.82) is 0 Å². The van der Waals surface area contributed by atoms with E-state index in [1.807, 2.05) is 6.08 Å². The molecule has 0 aromatic carbocycles. The molecule has 4 heteroatoms. The highest BCUT2D eigenvalue weighted by atomic mass is 16.7. The predicted octanol–water partition coefficient (Wildman–Crippen LogP) is 5.57. The fourth-order valence-corrected chi connectivity index (χ4v) is 9.47. The van der Waals surface area contributed by atoms with E-state index >= 15 is 0 Å². The van der Waals surface area contributed by atoms with Crippen molar-refractivity contribution in [1.82, 2.24) is 0 Å². The van der Waals surface area contributed by atoms with Crippen LogP contribution in [0.4, 0.5) is 0 Å². The Balaban J connectivity index is 1.34. The molecular formula is C29H48O4. The third-order valence-electron chi connectivity index (χ3n) is 11.5. The van der Waals surface area contributed by atoms with Crippen LogP contribution < -0.4 is 0 Å². The first-order valence-electron chi connectivity index (χ1n) is 13.9. The van der Waals surface area contributed by atoms with E-state index in [0.717, 1.165) is 32.5 Å². The molecule has 3 unspecified atom stereocenters. The second kappa shape index (κ2) is 8.61. The summed E-state index contributed by atoms with van der Waals surface area (Å²) in [5, 5.41) is 21.9. The molecule has 2 N–H and O–H groups in total. The summed E-state index contributed by atoms with van der Waals surface area (Å²) in [6.45, 7) is 13.0. The van der Waals surface area contributed by atoms with Gasteiger partial charge in [0.15, 0.2) is 5.79 Å². The fraction of sp³-hybridized carbons (Fsp3) is 0.931. The molecule has 10 atom stereocenters. The van der Waals surface area contributed by atoms with Crippen molar-refractivity contribution in [3.8, 4) is 0 Å². The topological polar surface area (TPSA) is 58.9 Å². The lowest BCUT2D eigenvalue weighted by Crippen LogP contribution is -2.60. The van der Waals surface area contributed by atoms with Crippen LogP contribution in [0.25, 0.3) is 0 Å². The zero-order chi connectivity index (χ0) is 23.6. The van der Waals surface area contributed by atoms with E-state index < -0.39 is 0 Å². The zero-order valence-electron chi connectivity index (χ0n) is 21.6. The summed E-state index contributed by atoms with van der Waals surface area (Å²) in [5.41, 5.74) is 0.599. The van der Waals surface area contributed by atoms with Crippen molar-refractivity contribution in [3.63, 3.8) is 0 Å². The molecule has 0 aromatic heterocycles. The van der Waals surface area contributed by atoms with Crippen LogP contribution in [0.2, 0.25) is 0 Å². The summed E-state index contributed by atoms with van der Waals surface area (Å²) >= 11 is 0. The molecule has 33 heavy (non-hydrogen) atoms. The summed E-state index contributed by atoms with van der Waals surface area (Å²) < 4.78 is 12.2. The molecule has 0 bridgehead atoms. The number of hydrogen-bond acceptors (Lipinski definition) is 4. The summed E-state index contributed by atoms with van der Waals surface area (Å²) in [4.78, 5) is 0. The molecule has 1 spiro atoms. The van der Waals surface area contributed by atoms with Gasteiger partial charge in [-0.3, -0.25) is 0 Å². The predicted molar refractivity (Wildman–Crippen MR) is 130 cm³/mol. The molecule has 0 amide bonds. The third-order valence-corrected chi connectivity index (χ3v) is 11.5. The van der Waals surface area contributed by atoms with Crippen molar-refractivity contribution in [3.05, 3.63) is 12.2 Å². The van der Waals surface area contributed by atoms with Crippen molar-refractivity contribution in [2.45, 2.75) is 104 Å². The summed E-state index contributed by atoms with van der Waals surface area (Å²) in [5.74, 6) is 3.20. The monoisotopic (exact) mass is 460 g/mol. The van der Waals surface area contributed by atoms with Crippen molar-refractivity contribution < 1.29 is 19.7 Å². The molecular weight excluding hydrogens is 412 g/mol. The highest BCUT2D eigenvalue weighted by Gasteiger charge is 2.64. The van der Waals surface area contributed by atoms with E-state index in [4.69, 9.17) is 9.47 Å². The highest BCUT2D eigenvalue weighted by Crippen LogP contribution is 2.69. The van der Waals surface area contributed by atoms with Gasteiger partial charge in [0.25, 0.3) is 0 Å². The SMILES string of the molecule is CC(C)[C@H](O)C=C[C@@H](C)[C@H]1CCC2C3C(CC[C@@]21C)[C@@]1(C)CCC2(C[C@@H]1C[C@H]3O)OCCO2. The molecule has 188 valence electrons. The van der Waals surface area contributed by atoms with Crippen LogP contribution in [0, 0.1) is 52.3 Å². The Morgan fingerprint density at radius 1 is 0.879 bits per heavy atom. The molecule has 0 aromatic rings. The third kappa shape index (κ3) is 3.86. The van der Waals surface area contributed by atoms with Crippen molar-refractivity contribution in [2.75, 3.05) is 13.2 Å². The Kier molecular flexibility index (Phi) is 6.33.